The van der Waals surface area contributed by atoms with E-state index in [0.717, 1.165) is 0 Å². The fourth-order valence-electron chi connectivity index (χ4n) is 0. The minimum Gasteiger partial charge on any atom is -0.412 e. The molecule has 0 aromatic rings. The normalized spacial score (nSPS) is 1.11. The molecule has 19 heavy (non-hydrogen) atoms. The molecule has 0 aliphatic carbocycles. The zero-order chi connectivity index (χ0) is 2.71. The van der Waals surface area contributed by atoms with Crippen LogP contribution in [-0.4, -0.2) is 5.48 Å². The molecule has 2 N–H and O–H groups in total. The van der Waals surface area contributed by atoms with Gasteiger partial charge in [-0.2, -0.15) is 0 Å². The van der Waals surface area contributed by atoms with Gasteiger partial charge in [-0.05, 0) is 8.93 Å². The second kappa shape index (κ2) is 329. The van der Waals surface area contributed by atoms with Crippen LogP contribution in [0.1, 0.15) is 52.0 Å². The van der Waals surface area contributed by atoms with Crippen LogP contribution in [0.5, 0.6) is 0 Å². The van der Waals surface area contributed by atoms with Crippen LogP contribution in [0.4, 0.5) is 0 Å². The monoisotopic (exact) mass is 1220 g/mol. The third-order valence-electron chi connectivity index (χ3n) is 0. The molecule has 0 rings (SSSR count). The summed E-state index contributed by atoms with van der Waals surface area (Å²) in [5.74, 6) is 0. The van der Waals surface area contributed by atoms with Gasteiger partial charge in [0.15, 0.2) is 8.15 Å². The van der Waals surface area contributed by atoms with Gasteiger partial charge in [0.2, 0.25) is 0 Å². The zero-order valence-electron chi connectivity index (χ0n) is 7.93. The van der Waals surface area contributed by atoms with Gasteiger partial charge in [0.25, 0.3) is 0 Å². The molecule has 130 valence electrons. The Balaban J connectivity index is -0.000000000167. The van der Waals surface area contributed by atoms with Crippen molar-refractivity contribution in [1.29, 1.82) is 0 Å². The second-order valence-corrected chi connectivity index (χ2v) is 0.949. The van der Waals surface area contributed by atoms with Gasteiger partial charge in [0.05, 0.1) is 0 Å². The van der Waals surface area contributed by atoms with Crippen LogP contribution >= 0.6 is 17.1 Å². The van der Waals surface area contributed by atoms with Gasteiger partial charge in [-0.15, -0.1) is 0 Å². The van der Waals surface area contributed by atoms with Gasteiger partial charge >= 0.3 is 0 Å². The van der Waals surface area contributed by atoms with Gasteiger partial charge in [0, 0.05) is 124 Å². The van der Waals surface area contributed by atoms with Crippen molar-refractivity contribution < 1.29 is 134 Å². The second-order valence-electron chi connectivity index (χ2n) is 0.105. The number of hydrogen-bond donors (Lipinski definition) is 0. The topological polar surface area (TPSA) is 48.6 Å². The van der Waals surface area contributed by atoms with Crippen LogP contribution in [-0.2, 0) is 4.57 Å². The first-order chi connectivity index (χ1) is 1.41. The Morgan fingerprint density at radius 3 is 0.526 bits per heavy atom. The van der Waals surface area contributed by atoms with E-state index in [1.807, 2.05) is 8.93 Å². The van der Waals surface area contributed by atoms with E-state index in [0.29, 0.717) is 0 Å². The maximum atomic E-state index is 8.87. The molecule has 1 unspecified atom stereocenters. The summed E-state index contributed by atoms with van der Waals surface area (Å²) >= 11 is 0. The minimum absolute atomic E-state index is 0. The molecule has 0 saturated carbocycles. The van der Waals surface area contributed by atoms with Crippen LogP contribution in [0, 0.1) is 154 Å². The summed E-state index contributed by atoms with van der Waals surface area (Å²) in [5, 5.41) is 0. The van der Waals surface area contributed by atoms with Gasteiger partial charge in [-0.1, -0.05) is 52.0 Å². The summed E-state index contributed by atoms with van der Waals surface area (Å²) in [4.78, 5) is 0. The summed E-state index contributed by atoms with van der Waals surface area (Å²) in [7, 11) is 2.08. The standard InChI is InChI=1S/7CH4.4CH3.H2OP2.H2O.4U/c;;;;;;;;;;;1-3-2;;;;;/h7*1H4;4*1H3;2H2;1H2;;;;/q;;;;;;;4*-1;;;;;;. The summed E-state index contributed by atoms with van der Waals surface area (Å²) in [5.41, 5.74) is 0. The maximum Gasteiger partial charge on any atom is 0.174 e. The van der Waals surface area contributed by atoms with Crippen molar-refractivity contribution in [2.75, 3.05) is 0 Å². The third kappa shape index (κ3) is 441. The fraction of sp³-hybridized carbons (Fsp3) is 0.636. The largest absolute Gasteiger partial charge is 0.412 e. The summed E-state index contributed by atoms with van der Waals surface area (Å²) in [6, 6.07) is 0. The van der Waals surface area contributed by atoms with Crippen molar-refractivity contribution in [1.82, 2.24) is 0 Å². The van der Waals surface area contributed by atoms with Crippen LogP contribution in [0.15, 0.2) is 0 Å². The first-order valence-corrected chi connectivity index (χ1v) is 2.87. The molecule has 0 spiro atoms. The van der Waals surface area contributed by atoms with Crippen LogP contribution in [0.25, 0.3) is 0 Å². The SMILES string of the molecule is C.C.C.C.C.C.C.O.O=PP.[CH3-].[CH3-].[CH3-].[CH3-].[U].[U].[U].[U]. The molecule has 0 aromatic carbocycles. The first-order valence-electron chi connectivity index (χ1n) is 0.441. The summed E-state index contributed by atoms with van der Waals surface area (Å²) < 4.78 is 8.87. The summed E-state index contributed by atoms with van der Waals surface area (Å²) in [6.07, 6.45) is 0. The van der Waals surface area contributed by atoms with Crippen molar-refractivity contribution in [3.05, 3.63) is 29.7 Å². The van der Waals surface area contributed by atoms with E-state index < -0.39 is 0 Å². The van der Waals surface area contributed by atoms with E-state index in [4.69, 9.17) is 4.57 Å². The first kappa shape index (κ1) is 272. The van der Waals surface area contributed by atoms with Crippen molar-refractivity contribution in [3.63, 3.8) is 0 Å². The molecule has 2 nitrogen and oxygen atoms in total. The molecule has 8 heteroatoms. The zero-order valence-corrected chi connectivity index (χ0v) is 26.6. The van der Waals surface area contributed by atoms with E-state index in [9.17, 15) is 0 Å². The van der Waals surface area contributed by atoms with Crippen LogP contribution < -0.4 is 0 Å². The van der Waals surface area contributed by atoms with Gasteiger partial charge in [0.1, 0.15) is 0 Å². The third-order valence-corrected chi connectivity index (χ3v) is 0. The molecule has 0 saturated heterocycles. The summed E-state index contributed by atoms with van der Waals surface area (Å²) in [6.45, 7) is 0. The molecular formula is C11H44O2P2U4-4. The average molecular weight is 1220 g/mol. The van der Waals surface area contributed by atoms with Crippen molar-refractivity contribution in [2.24, 2.45) is 0 Å². The molecule has 0 bridgehead atoms. The molecule has 0 aliphatic heterocycles. The average Bonchev–Trinajstić information content (AvgIpc) is 0.918. The Morgan fingerprint density at radius 2 is 0.526 bits per heavy atom. The molecular weight excluding hydrogens is 1180 g/mol. The molecule has 0 fully saturated rings. The quantitative estimate of drug-likeness (QED) is 0.202. The smallest absolute Gasteiger partial charge is 0.174 e. The Labute approximate surface area is 229 Å². The molecule has 1 atom stereocenters. The van der Waals surface area contributed by atoms with Gasteiger partial charge < -0.3 is 35.2 Å². The van der Waals surface area contributed by atoms with E-state index >= 15 is 0 Å². The van der Waals surface area contributed by atoms with Gasteiger partial charge in [-0.3, -0.25) is 4.57 Å². The van der Waals surface area contributed by atoms with Crippen LogP contribution in [0.3, 0.4) is 0 Å². The van der Waals surface area contributed by atoms with Crippen molar-refractivity contribution in [2.45, 2.75) is 52.0 Å². The van der Waals surface area contributed by atoms with Crippen molar-refractivity contribution >= 4 is 17.1 Å². The maximum absolute atomic E-state index is 8.87. The van der Waals surface area contributed by atoms with E-state index in [1.54, 1.807) is 0 Å². The predicted molar refractivity (Wildman–Crippen MR) is 93.7 cm³/mol. The van der Waals surface area contributed by atoms with E-state index in [2.05, 4.69) is 0 Å². The fourth-order valence-corrected chi connectivity index (χ4v) is 0. The van der Waals surface area contributed by atoms with Gasteiger partial charge in [-0.25, -0.2) is 0 Å². The van der Waals surface area contributed by atoms with Crippen molar-refractivity contribution in [3.8, 4) is 0 Å². The Hall–Kier alpha value is 4.70. The Morgan fingerprint density at radius 1 is 0.526 bits per heavy atom. The molecule has 0 aromatic heterocycles. The molecule has 0 aliphatic rings. The number of hydrogen-bond acceptors (Lipinski definition) is 1. The predicted octanol–water partition coefficient (Wildman–Crippen LogP) is 6.50. The Kier molecular flexibility index (Phi) is 4710. The number of rotatable bonds is 0. The molecule has 0 heterocycles. The Bertz CT molecular complexity index is 38.2. The van der Waals surface area contributed by atoms with Crippen LogP contribution in [0.2, 0.25) is 0 Å². The molecule has 0 radical (unpaired) electrons. The minimum atomic E-state index is 0. The molecule has 0 amide bonds. The van der Waals surface area contributed by atoms with E-state index in [1.165, 1.54) is 0 Å². The van der Waals surface area contributed by atoms with E-state index in [-0.39, 0.29) is 220 Å².